The number of carbonyl (C=O) groups is 1. The van der Waals surface area contributed by atoms with Crippen molar-refractivity contribution in [3.8, 4) is 0 Å². The van der Waals surface area contributed by atoms with Crippen molar-refractivity contribution in [1.29, 1.82) is 0 Å². The zero-order valence-corrected chi connectivity index (χ0v) is 8.52. The molecule has 1 aliphatic rings. The smallest absolute Gasteiger partial charge is 0.309 e. The molecule has 2 nitrogen and oxygen atoms in total. The molecule has 0 saturated heterocycles. The Balaban J connectivity index is 2.43. The molecule has 0 fully saturated rings. The van der Waals surface area contributed by atoms with E-state index in [2.05, 4.69) is 19.9 Å². The van der Waals surface area contributed by atoms with Crippen molar-refractivity contribution in [2.75, 3.05) is 6.61 Å². The predicted octanol–water partition coefficient (Wildman–Crippen LogP) is 2.61. The van der Waals surface area contributed by atoms with Gasteiger partial charge in [-0.25, -0.2) is 0 Å². The first-order chi connectivity index (χ1) is 6.13. The summed E-state index contributed by atoms with van der Waals surface area (Å²) < 4.78 is 4.88. The molecule has 13 heavy (non-hydrogen) atoms. The maximum atomic E-state index is 11.1. The Bertz CT molecular complexity index is 272. The first kappa shape index (κ1) is 10.0. The Morgan fingerprint density at radius 3 is 2.69 bits per heavy atom. The summed E-state index contributed by atoms with van der Waals surface area (Å²) in [6, 6.07) is 0. The summed E-state index contributed by atoms with van der Waals surface area (Å²) in [5.41, 5.74) is 3.83. The van der Waals surface area contributed by atoms with Crippen LogP contribution >= 0.6 is 0 Å². The highest BCUT2D eigenvalue weighted by molar-refractivity contribution is 5.73. The lowest BCUT2D eigenvalue weighted by Gasteiger charge is -2.02. The monoisotopic (exact) mass is 180 g/mol. The highest BCUT2D eigenvalue weighted by Crippen LogP contribution is 2.26. The molecule has 2 heteroatoms. The third-order valence-corrected chi connectivity index (χ3v) is 2.26. The van der Waals surface area contributed by atoms with E-state index in [4.69, 9.17) is 4.74 Å². The Labute approximate surface area is 79.3 Å². The van der Waals surface area contributed by atoms with Crippen LogP contribution in [0.2, 0.25) is 0 Å². The lowest BCUT2D eigenvalue weighted by Crippen LogP contribution is -2.04. The van der Waals surface area contributed by atoms with E-state index in [9.17, 15) is 4.79 Å². The summed E-state index contributed by atoms with van der Waals surface area (Å²) in [6.45, 7) is 6.48. The van der Waals surface area contributed by atoms with Gasteiger partial charge >= 0.3 is 5.97 Å². The van der Waals surface area contributed by atoms with E-state index < -0.39 is 0 Å². The van der Waals surface area contributed by atoms with E-state index in [1.807, 2.05) is 6.92 Å². The summed E-state index contributed by atoms with van der Waals surface area (Å²) in [4.78, 5) is 11.1. The Morgan fingerprint density at radius 2 is 2.23 bits per heavy atom. The molecule has 0 heterocycles. The molecule has 72 valence electrons. The lowest BCUT2D eigenvalue weighted by atomic mass is 10.1. The van der Waals surface area contributed by atoms with Crippen molar-refractivity contribution in [3.05, 3.63) is 22.8 Å². The van der Waals surface area contributed by atoms with Crippen LogP contribution in [0.25, 0.3) is 0 Å². The molecular weight excluding hydrogens is 164 g/mol. The topological polar surface area (TPSA) is 26.3 Å². The fourth-order valence-corrected chi connectivity index (χ4v) is 1.47. The van der Waals surface area contributed by atoms with E-state index >= 15 is 0 Å². The van der Waals surface area contributed by atoms with Gasteiger partial charge in [-0.1, -0.05) is 22.8 Å². The van der Waals surface area contributed by atoms with Crippen molar-refractivity contribution in [2.45, 2.75) is 33.6 Å². The average molecular weight is 180 g/mol. The second-order valence-electron chi connectivity index (χ2n) is 3.42. The van der Waals surface area contributed by atoms with Gasteiger partial charge in [0, 0.05) is 0 Å². The first-order valence-electron chi connectivity index (χ1n) is 4.65. The molecule has 0 radical (unpaired) electrons. The van der Waals surface area contributed by atoms with Gasteiger partial charge in [0.1, 0.15) is 0 Å². The van der Waals surface area contributed by atoms with Crippen molar-refractivity contribution in [1.82, 2.24) is 0 Å². The number of allylic oxidation sites excluding steroid dienone is 3. The number of carbonyl (C=O) groups excluding carboxylic acids is 1. The zero-order chi connectivity index (χ0) is 9.84. The minimum atomic E-state index is -0.115. The largest absolute Gasteiger partial charge is 0.466 e. The highest BCUT2D eigenvalue weighted by atomic mass is 16.5. The van der Waals surface area contributed by atoms with Gasteiger partial charge in [0.15, 0.2) is 0 Å². The van der Waals surface area contributed by atoms with Crippen LogP contribution in [0.15, 0.2) is 22.8 Å². The second kappa shape index (κ2) is 4.26. The minimum absolute atomic E-state index is 0.115. The zero-order valence-electron chi connectivity index (χ0n) is 8.52. The van der Waals surface area contributed by atoms with E-state index in [-0.39, 0.29) is 5.97 Å². The van der Waals surface area contributed by atoms with E-state index in [1.54, 1.807) is 0 Å². The number of hydrogen-bond donors (Lipinski definition) is 0. The summed E-state index contributed by atoms with van der Waals surface area (Å²) in [7, 11) is 0. The van der Waals surface area contributed by atoms with E-state index in [1.165, 1.54) is 16.7 Å². The molecule has 1 rings (SSSR count). The molecule has 0 N–H and O–H groups in total. The third kappa shape index (κ3) is 2.72. The first-order valence-corrected chi connectivity index (χ1v) is 4.65. The average Bonchev–Trinajstić information content (AvgIpc) is 2.31. The van der Waals surface area contributed by atoms with Gasteiger partial charge in [0.05, 0.1) is 13.0 Å². The van der Waals surface area contributed by atoms with Crippen molar-refractivity contribution in [3.63, 3.8) is 0 Å². The maximum Gasteiger partial charge on any atom is 0.309 e. The second-order valence-corrected chi connectivity index (χ2v) is 3.42. The standard InChI is InChI=1S/C11H16O2/c1-4-13-11(12)7-10-5-8(2)9(3)6-10/h5H,4,6-7H2,1-3H3. The number of rotatable bonds is 3. The van der Waals surface area contributed by atoms with Gasteiger partial charge in [-0.15, -0.1) is 0 Å². The molecule has 0 atom stereocenters. The SMILES string of the molecule is CCOC(=O)CC1=CC(C)=C(C)C1. The molecule has 0 aromatic rings. The van der Waals surface area contributed by atoms with Gasteiger partial charge in [-0.3, -0.25) is 4.79 Å². The van der Waals surface area contributed by atoms with Crippen LogP contribution in [0.3, 0.4) is 0 Å². The minimum Gasteiger partial charge on any atom is -0.466 e. The number of esters is 1. The van der Waals surface area contributed by atoms with Crippen molar-refractivity contribution < 1.29 is 9.53 Å². The third-order valence-electron chi connectivity index (χ3n) is 2.26. The predicted molar refractivity (Wildman–Crippen MR) is 52.3 cm³/mol. The fraction of sp³-hybridized carbons (Fsp3) is 0.545. The van der Waals surface area contributed by atoms with Crippen LogP contribution in [-0.2, 0) is 9.53 Å². The van der Waals surface area contributed by atoms with Crippen LogP contribution in [-0.4, -0.2) is 12.6 Å². The van der Waals surface area contributed by atoms with E-state index in [0.717, 1.165) is 6.42 Å². The van der Waals surface area contributed by atoms with Gasteiger partial charge in [-0.05, 0) is 27.2 Å². The van der Waals surface area contributed by atoms with Crippen molar-refractivity contribution >= 4 is 5.97 Å². The Kier molecular flexibility index (Phi) is 3.29. The van der Waals surface area contributed by atoms with Gasteiger partial charge in [0.2, 0.25) is 0 Å². The molecule has 1 aliphatic carbocycles. The van der Waals surface area contributed by atoms with Crippen LogP contribution in [0, 0.1) is 0 Å². The number of hydrogen-bond acceptors (Lipinski definition) is 2. The van der Waals surface area contributed by atoms with Crippen molar-refractivity contribution in [2.24, 2.45) is 0 Å². The normalized spacial score (nSPS) is 16.1. The van der Waals surface area contributed by atoms with Crippen LogP contribution in [0.4, 0.5) is 0 Å². The van der Waals surface area contributed by atoms with Crippen LogP contribution < -0.4 is 0 Å². The molecule has 0 amide bonds. The molecule has 0 spiro atoms. The molecule has 0 bridgehead atoms. The molecule has 0 aromatic carbocycles. The quantitative estimate of drug-likeness (QED) is 0.624. The highest BCUT2D eigenvalue weighted by Gasteiger charge is 2.13. The van der Waals surface area contributed by atoms with Gasteiger partial charge in [0.25, 0.3) is 0 Å². The van der Waals surface area contributed by atoms with Gasteiger partial charge < -0.3 is 4.74 Å². The maximum absolute atomic E-state index is 11.1. The summed E-state index contributed by atoms with van der Waals surface area (Å²) in [5.74, 6) is -0.115. The molecule has 0 saturated carbocycles. The van der Waals surface area contributed by atoms with Crippen LogP contribution in [0.5, 0.6) is 0 Å². The van der Waals surface area contributed by atoms with Crippen LogP contribution in [0.1, 0.15) is 33.6 Å². The molecule has 0 aromatic heterocycles. The Morgan fingerprint density at radius 1 is 1.54 bits per heavy atom. The summed E-state index contributed by atoms with van der Waals surface area (Å²) in [6.07, 6.45) is 3.47. The fourth-order valence-electron chi connectivity index (χ4n) is 1.47. The summed E-state index contributed by atoms with van der Waals surface area (Å²) in [5, 5.41) is 0. The van der Waals surface area contributed by atoms with Gasteiger partial charge in [-0.2, -0.15) is 0 Å². The molecule has 0 unspecified atom stereocenters. The van der Waals surface area contributed by atoms with E-state index in [0.29, 0.717) is 13.0 Å². The molecule has 0 aliphatic heterocycles. The Hall–Kier alpha value is -1.05. The summed E-state index contributed by atoms with van der Waals surface area (Å²) >= 11 is 0. The molecular formula is C11H16O2. The lowest BCUT2D eigenvalue weighted by molar-refractivity contribution is -0.142. The number of ether oxygens (including phenoxy) is 1.